The van der Waals surface area contributed by atoms with Crippen molar-refractivity contribution in [2.75, 3.05) is 81.9 Å². The molecule has 5 aliphatic rings. The molecule has 286 valence electrons. The molecule has 1 aliphatic carbocycles. The number of ether oxygens (including phenoxy) is 1. The summed E-state index contributed by atoms with van der Waals surface area (Å²) in [5, 5.41) is 18.5. The Kier molecular flexibility index (Phi) is 8.56. The van der Waals surface area contributed by atoms with Gasteiger partial charge in [-0.05, 0) is 92.8 Å². The number of aromatic nitrogens is 4. The minimum absolute atomic E-state index is 0.0365. The second-order valence-corrected chi connectivity index (χ2v) is 16.5. The molecule has 2 aromatic heterocycles. The molecule has 1 saturated carbocycles. The zero-order valence-corrected chi connectivity index (χ0v) is 30.7. The van der Waals surface area contributed by atoms with E-state index < -0.39 is 12.8 Å². The Hall–Kier alpha value is -4.43. The van der Waals surface area contributed by atoms with Gasteiger partial charge in [0, 0.05) is 79.5 Å². The topological polar surface area (TPSA) is 114 Å². The fraction of sp³-hybridized carbons (Fsp3) is 0.550. The van der Waals surface area contributed by atoms with E-state index in [0.717, 1.165) is 98.1 Å². The van der Waals surface area contributed by atoms with Gasteiger partial charge in [0.2, 0.25) is 11.9 Å². The number of aryl methyl sites for hydroxylation is 1. The van der Waals surface area contributed by atoms with Crippen molar-refractivity contribution >= 4 is 39.5 Å². The van der Waals surface area contributed by atoms with Crippen LogP contribution in [-0.4, -0.2) is 119 Å². The molecule has 0 radical (unpaired) electrons. The highest BCUT2D eigenvalue weighted by Crippen LogP contribution is 2.54. The van der Waals surface area contributed by atoms with Crippen LogP contribution in [0.15, 0.2) is 37.1 Å². The third-order valence-corrected chi connectivity index (χ3v) is 12.7. The van der Waals surface area contributed by atoms with Gasteiger partial charge in [0.1, 0.15) is 11.3 Å². The normalized spacial score (nSPS) is 22.9. The Bertz CT molecular complexity index is 2120. The van der Waals surface area contributed by atoms with E-state index >= 15 is 0 Å². The molecule has 4 aromatic rings. The van der Waals surface area contributed by atoms with Gasteiger partial charge in [-0.3, -0.25) is 9.89 Å². The second kappa shape index (κ2) is 13.1. The summed E-state index contributed by atoms with van der Waals surface area (Å²) >= 11 is 0. The summed E-state index contributed by atoms with van der Waals surface area (Å²) in [5.74, 6) is 1.49. The number of fused-ring (bicyclic) bond motifs is 2. The molecule has 14 heteroatoms. The molecule has 2 spiro atoms. The number of alkyl halides is 3. The number of hydrogen-bond acceptors (Lipinski definition) is 9. The number of amides is 1. The molecule has 1 unspecified atom stereocenters. The minimum atomic E-state index is -4.57. The van der Waals surface area contributed by atoms with Crippen LogP contribution in [0.4, 0.5) is 24.9 Å². The van der Waals surface area contributed by atoms with Gasteiger partial charge in [0.05, 0.1) is 18.3 Å². The lowest BCUT2D eigenvalue weighted by Gasteiger charge is -2.54. The number of halogens is 3. The number of anilines is 2. The highest BCUT2D eigenvalue weighted by atomic mass is 19.4. The molecular weight excluding hydrogens is 697 g/mol. The van der Waals surface area contributed by atoms with Crippen LogP contribution in [0.5, 0.6) is 5.75 Å². The van der Waals surface area contributed by atoms with Crippen LogP contribution in [0.1, 0.15) is 55.6 Å². The van der Waals surface area contributed by atoms with E-state index in [2.05, 4.69) is 37.5 Å². The summed E-state index contributed by atoms with van der Waals surface area (Å²) in [6.45, 7) is 11.0. The van der Waals surface area contributed by atoms with E-state index in [1.165, 1.54) is 6.08 Å². The number of likely N-dealkylation sites (tertiary alicyclic amines) is 2. The van der Waals surface area contributed by atoms with E-state index in [1.54, 1.807) is 6.20 Å². The van der Waals surface area contributed by atoms with Gasteiger partial charge in [0.15, 0.2) is 12.4 Å². The highest BCUT2D eigenvalue weighted by molar-refractivity contribution is 6.06. The summed E-state index contributed by atoms with van der Waals surface area (Å²) in [4.78, 5) is 31.4. The average molecular weight is 745 g/mol. The summed E-state index contributed by atoms with van der Waals surface area (Å²) in [6.07, 6.45) is 4.10. The summed E-state index contributed by atoms with van der Waals surface area (Å²) in [6, 6.07) is 6.05. The SMILES string of the molecule is C=CC(=O)N1CC2(CCN(c3nc(N4CCC5(CCN(CCO)C5)C4)nc4c(OCC(F)(F)F)c(-c5c(C)ccc6[nH]ncc56)c(C5CC5)cc34)CC2)C1. The molecule has 9 rings (SSSR count). The molecule has 2 N–H and O–H groups in total. The van der Waals surface area contributed by atoms with Crippen LogP contribution >= 0.6 is 0 Å². The number of aliphatic hydroxyl groups excluding tert-OH is 1. The number of aromatic amines is 1. The number of H-pyrrole nitrogens is 1. The van der Waals surface area contributed by atoms with Crippen LogP contribution in [0.2, 0.25) is 0 Å². The Labute approximate surface area is 312 Å². The number of benzene rings is 2. The number of β-amino-alcohol motifs (C(OH)–C–C–N with tert-alkyl or cyclic N) is 1. The molecule has 1 amide bonds. The molecule has 5 fully saturated rings. The molecule has 11 nitrogen and oxygen atoms in total. The lowest BCUT2D eigenvalue weighted by molar-refractivity contribution is -0.153. The first-order valence-electron chi connectivity index (χ1n) is 19.2. The zero-order valence-electron chi connectivity index (χ0n) is 30.7. The number of hydrogen-bond donors (Lipinski definition) is 2. The van der Waals surface area contributed by atoms with Gasteiger partial charge in [0.25, 0.3) is 0 Å². The van der Waals surface area contributed by atoms with Gasteiger partial charge in [-0.2, -0.15) is 23.3 Å². The fourth-order valence-corrected chi connectivity index (χ4v) is 9.70. The molecule has 2 aromatic carbocycles. The Morgan fingerprint density at radius 3 is 2.43 bits per heavy atom. The number of nitrogens with one attached hydrogen (secondary N) is 1. The van der Waals surface area contributed by atoms with Crippen molar-refractivity contribution in [3.05, 3.63) is 48.2 Å². The van der Waals surface area contributed by atoms with Crippen LogP contribution in [0.3, 0.4) is 0 Å². The van der Waals surface area contributed by atoms with Crippen molar-refractivity contribution in [1.29, 1.82) is 0 Å². The maximum Gasteiger partial charge on any atom is 0.422 e. The third kappa shape index (κ3) is 6.24. The molecular formula is C40H47F3N8O3. The molecule has 1 atom stereocenters. The molecule has 6 heterocycles. The maximum absolute atomic E-state index is 14.2. The molecule has 4 aliphatic heterocycles. The Balaban J connectivity index is 1.20. The van der Waals surface area contributed by atoms with E-state index in [-0.39, 0.29) is 35.0 Å². The first-order valence-corrected chi connectivity index (χ1v) is 19.2. The van der Waals surface area contributed by atoms with E-state index in [0.29, 0.717) is 55.1 Å². The number of carbonyl (C=O) groups excluding carboxylic acids is 1. The summed E-state index contributed by atoms with van der Waals surface area (Å²) < 4.78 is 48.5. The van der Waals surface area contributed by atoms with Crippen molar-refractivity contribution < 1.29 is 27.8 Å². The first kappa shape index (κ1) is 35.3. The highest BCUT2D eigenvalue weighted by Gasteiger charge is 2.47. The van der Waals surface area contributed by atoms with Crippen LogP contribution in [-0.2, 0) is 4.79 Å². The van der Waals surface area contributed by atoms with E-state index in [9.17, 15) is 23.1 Å². The van der Waals surface area contributed by atoms with Crippen molar-refractivity contribution in [2.45, 2.75) is 57.5 Å². The van der Waals surface area contributed by atoms with Crippen LogP contribution in [0.25, 0.3) is 32.9 Å². The fourth-order valence-electron chi connectivity index (χ4n) is 9.70. The monoisotopic (exact) mass is 744 g/mol. The molecule has 4 saturated heterocycles. The Morgan fingerprint density at radius 2 is 1.72 bits per heavy atom. The summed E-state index contributed by atoms with van der Waals surface area (Å²) in [5.41, 5.74) is 4.59. The minimum Gasteiger partial charge on any atom is -0.481 e. The maximum atomic E-state index is 14.2. The van der Waals surface area contributed by atoms with Crippen molar-refractivity contribution in [3.8, 4) is 16.9 Å². The number of rotatable bonds is 9. The third-order valence-electron chi connectivity index (χ3n) is 12.7. The molecule has 54 heavy (non-hydrogen) atoms. The smallest absolute Gasteiger partial charge is 0.422 e. The quantitative estimate of drug-likeness (QED) is 0.205. The molecule has 0 bridgehead atoms. The standard InChI is InChI=1S/C40H47F3N8O3/c1-3-31(53)51-22-39(23-51)9-13-49(14-10-39)36-28-18-27(26-5-6-26)33(32-25(2)4-7-30-29(32)19-44-47-30)35(54-24-40(41,42)43)34(28)45-37(46-36)50-15-11-38(21-50)8-12-48(20-38)16-17-52/h3-4,7,18-19,26,52H,1,5-6,8-17,20-24H2,2H3,(H,44,47). The van der Waals surface area contributed by atoms with E-state index in [1.807, 2.05) is 24.0 Å². The van der Waals surface area contributed by atoms with Gasteiger partial charge in [-0.15, -0.1) is 0 Å². The number of carbonyl (C=O) groups is 1. The number of aliphatic hydroxyl groups is 1. The predicted molar refractivity (Wildman–Crippen MR) is 201 cm³/mol. The average Bonchev–Trinajstić information content (AvgIpc) is 3.52. The van der Waals surface area contributed by atoms with Crippen LogP contribution in [0, 0.1) is 17.8 Å². The number of piperidine rings is 1. The summed E-state index contributed by atoms with van der Waals surface area (Å²) in [7, 11) is 0. The first-order chi connectivity index (χ1) is 26.0. The Morgan fingerprint density at radius 1 is 1.00 bits per heavy atom. The predicted octanol–water partition coefficient (Wildman–Crippen LogP) is 5.81. The largest absolute Gasteiger partial charge is 0.481 e. The lowest BCUT2D eigenvalue weighted by atomic mass is 9.72. The van der Waals surface area contributed by atoms with Gasteiger partial charge in [-0.25, -0.2) is 4.98 Å². The van der Waals surface area contributed by atoms with Gasteiger partial charge in [-0.1, -0.05) is 12.6 Å². The van der Waals surface area contributed by atoms with Crippen molar-refractivity contribution in [3.63, 3.8) is 0 Å². The van der Waals surface area contributed by atoms with Gasteiger partial charge < -0.3 is 29.4 Å². The van der Waals surface area contributed by atoms with Crippen LogP contribution < -0.4 is 14.5 Å². The van der Waals surface area contributed by atoms with E-state index in [4.69, 9.17) is 14.7 Å². The van der Waals surface area contributed by atoms with Gasteiger partial charge >= 0.3 is 6.18 Å². The van der Waals surface area contributed by atoms with Crippen molar-refractivity contribution in [1.82, 2.24) is 30.0 Å². The lowest BCUT2D eigenvalue weighted by Crippen LogP contribution is -2.61. The zero-order chi connectivity index (χ0) is 37.4. The van der Waals surface area contributed by atoms with Crippen molar-refractivity contribution in [2.24, 2.45) is 10.8 Å². The second-order valence-electron chi connectivity index (χ2n) is 16.5. The number of nitrogens with zero attached hydrogens (tertiary/aromatic N) is 7.